The lowest BCUT2D eigenvalue weighted by Gasteiger charge is -2.28. The molecule has 0 unspecified atom stereocenters. The van der Waals surface area contributed by atoms with Gasteiger partial charge in [0.15, 0.2) is 17.3 Å². The molecule has 1 atom stereocenters. The van der Waals surface area contributed by atoms with Gasteiger partial charge in [-0.15, -0.1) is 0 Å². The highest BCUT2D eigenvalue weighted by atomic mass is 19.4. The van der Waals surface area contributed by atoms with Crippen LogP contribution in [0.3, 0.4) is 0 Å². The number of carbonyl (C=O) groups is 1. The Hall–Kier alpha value is -1.99. The molecule has 0 saturated carbocycles. The summed E-state index contributed by atoms with van der Waals surface area (Å²) >= 11 is 0. The summed E-state index contributed by atoms with van der Waals surface area (Å²) in [7, 11) is 1.38. The average molecular weight is 315 g/mol. The minimum Gasteiger partial charge on any atom is -0.494 e. The van der Waals surface area contributed by atoms with Crippen LogP contribution in [0.1, 0.15) is 29.8 Å². The standard InChI is InChI=1S/C14H16F3N3O2/c1-22-11-6-9-13(18-8-3-5-20(9)7-8)19-12(11)10(21)2-4-14(15,16)17/h6,8H,2-5,7H2,1H3,(H,18,19)/t8-/m0/s1. The van der Waals surface area contributed by atoms with Crippen molar-refractivity contribution in [2.24, 2.45) is 0 Å². The van der Waals surface area contributed by atoms with Crippen LogP contribution >= 0.6 is 0 Å². The highest BCUT2D eigenvalue weighted by Crippen LogP contribution is 2.38. The highest BCUT2D eigenvalue weighted by Gasteiger charge is 2.33. The maximum atomic E-state index is 12.3. The smallest absolute Gasteiger partial charge is 0.389 e. The molecular formula is C14H16F3N3O2. The van der Waals surface area contributed by atoms with Crippen molar-refractivity contribution in [2.75, 3.05) is 30.4 Å². The van der Waals surface area contributed by atoms with Crippen molar-refractivity contribution in [3.05, 3.63) is 11.8 Å². The van der Waals surface area contributed by atoms with E-state index in [2.05, 4.69) is 15.2 Å². The summed E-state index contributed by atoms with van der Waals surface area (Å²) in [5.74, 6) is 0.106. The summed E-state index contributed by atoms with van der Waals surface area (Å²) in [5, 5.41) is 3.22. The zero-order chi connectivity index (χ0) is 15.9. The number of ketones is 1. The van der Waals surface area contributed by atoms with Gasteiger partial charge in [0.25, 0.3) is 0 Å². The predicted octanol–water partition coefficient (Wildman–Crippen LogP) is 2.62. The zero-order valence-corrected chi connectivity index (χ0v) is 12.0. The van der Waals surface area contributed by atoms with Crippen LogP contribution in [0.5, 0.6) is 5.75 Å². The van der Waals surface area contributed by atoms with Crippen LogP contribution < -0.4 is 15.0 Å². The number of alkyl halides is 3. The Morgan fingerprint density at radius 3 is 3.00 bits per heavy atom. The number of methoxy groups -OCH3 is 1. The second-order valence-electron chi connectivity index (χ2n) is 5.52. The van der Waals surface area contributed by atoms with Gasteiger partial charge in [-0.05, 0) is 6.42 Å². The number of Topliss-reactive ketones (excluding diaryl/α,β-unsaturated/α-hetero) is 1. The Balaban J connectivity index is 1.88. The van der Waals surface area contributed by atoms with Gasteiger partial charge in [0.1, 0.15) is 5.75 Å². The van der Waals surface area contributed by atoms with Gasteiger partial charge in [0.05, 0.1) is 19.2 Å². The molecule has 2 aliphatic heterocycles. The normalized spacial score (nSPS) is 19.6. The summed E-state index contributed by atoms with van der Waals surface area (Å²) in [4.78, 5) is 18.4. The van der Waals surface area contributed by atoms with Crippen LogP contribution in [0.25, 0.3) is 0 Å². The second kappa shape index (κ2) is 5.33. The van der Waals surface area contributed by atoms with Crippen molar-refractivity contribution in [2.45, 2.75) is 31.5 Å². The van der Waals surface area contributed by atoms with Gasteiger partial charge in [-0.1, -0.05) is 0 Å². The molecule has 5 nitrogen and oxygen atoms in total. The van der Waals surface area contributed by atoms with Gasteiger partial charge >= 0.3 is 6.18 Å². The Labute approximate surface area is 125 Å². The van der Waals surface area contributed by atoms with Crippen molar-refractivity contribution in [1.82, 2.24) is 4.98 Å². The number of hydrogen-bond acceptors (Lipinski definition) is 5. The number of halogens is 3. The molecule has 1 aromatic heterocycles. The maximum Gasteiger partial charge on any atom is 0.389 e. The molecule has 120 valence electrons. The van der Waals surface area contributed by atoms with Crippen molar-refractivity contribution >= 4 is 17.3 Å². The summed E-state index contributed by atoms with van der Waals surface area (Å²) in [6, 6.07) is 1.95. The maximum absolute atomic E-state index is 12.3. The summed E-state index contributed by atoms with van der Waals surface area (Å²) in [6.07, 6.45) is -5.18. The fraction of sp³-hybridized carbons (Fsp3) is 0.571. The van der Waals surface area contributed by atoms with E-state index in [1.807, 2.05) is 0 Å². The molecule has 1 fully saturated rings. The van der Waals surface area contributed by atoms with Gasteiger partial charge in [-0.3, -0.25) is 4.79 Å². The number of anilines is 2. The lowest BCUT2D eigenvalue weighted by atomic mass is 10.1. The van der Waals surface area contributed by atoms with E-state index in [0.29, 0.717) is 5.82 Å². The Morgan fingerprint density at radius 2 is 2.32 bits per heavy atom. The molecule has 0 spiro atoms. The number of ether oxygens (including phenoxy) is 1. The van der Waals surface area contributed by atoms with Gasteiger partial charge in [-0.2, -0.15) is 13.2 Å². The number of nitrogens with one attached hydrogen (secondary N) is 1. The molecule has 1 aromatic rings. The molecule has 2 bridgehead atoms. The summed E-state index contributed by atoms with van der Waals surface area (Å²) < 4.78 is 42.0. The number of hydrogen-bond donors (Lipinski definition) is 1. The van der Waals surface area contributed by atoms with E-state index < -0.39 is 24.8 Å². The van der Waals surface area contributed by atoms with E-state index in [9.17, 15) is 18.0 Å². The summed E-state index contributed by atoms with van der Waals surface area (Å²) in [6.45, 7) is 1.75. The van der Waals surface area contributed by atoms with Crippen molar-refractivity contribution in [1.29, 1.82) is 0 Å². The minimum atomic E-state index is -4.36. The molecular weight excluding hydrogens is 299 g/mol. The Morgan fingerprint density at radius 1 is 1.55 bits per heavy atom. The molecule has 0 aromatic carbocycles. The third kappa shape index (κ3) is 2.82. The molecule has 22 heavy (non-hydrogen) atoms. The van der Waals surface area contributed by atoms with E-state index in [1.165, 1.54) is 7.11 Å². The predicted molar refractivity (Wildman–Crippen MR) is 74.6 cm³/mol. The molecule has 0 aliphatic carbocycles. The van der Waals surface area contributed by atoms with Crippen LogP contribution in [0, 0.1) is 0 Å². The molecule has 0 radical (unpaired) electrons. The molecule has 2 aliphatic rings. The second-order valence-corrected chi connectivity index (χ2v) is 5.52. The number of nitrogens with zero attached hydrogens (tertiary/aromatic N) is 2. The Kier molecular flexibility index (Phi) is 3.62. The van der Waals surface area contributed by atoms with Gasteiger partial charge in [0.2, 0.25) is 0 Å². The molecule has 0 amide bonds. The SMILES string of the molecule is COc1cc2c(nc1C(=O)CCC(F)(F)F)N[C@H]1CCN2C1. The van der Waals surface area contributed by atoms with Crippen LogP contribution in [0.15, 0.2) is 6.07 Å². The van der Waals surface area contributed by atoms with Gasteiger partial charge in [0, 0.05) is 31.6 Å². The van der Waals surface area contributed by atoms with E-state index in [4.69, 9.17) is 4.74 Å². The lowest BCUT2D eigenvalue weighted by Crippen LogP contribution is -2.32. The quantitative estimate of drug-likeness (QED) is 0.866. The molecule has 1 N–H and O–H groups in total. The van der Waals surface area contributed by atoms with Crippen LogP contribution in [-0.4, -0.2) is 43.2 Å². The van der Waals surface area contributed by atoms with Gasteiger partial charge in [-0.25, -0.2) is 4.98 Å². The first-order chi connectivity index (χ1) is 10.4. The monoisotopic (exact) mass is 315 g/mol. The topological polar surface area (TPSA) is 54.5 Å². The summed E-state index contributed by atoms with van der Waals surface area (Å²) in [5.41, 5.74) is 0.790. The van der Waals surface area contributed by atoms with Crippen LogP contribution in [0.4, 0.5) is 24.7 Å². The third-order valence-corrected chi connectivity index (χ3v) is 3.96. The fourth-order valence-corrected chi connectivity index (χ4v) is 2.85. The largest absolute Gasteiger partial charge is 0.494 e. The van der Waals surface area contributed by atoms with Crippen molar-refractivity contribution in [3.8, 4) is 5.75 Å². The van der Waals surface area contributed by atoms with Gasteiger partial charge < -0.3 is 15.0 Å². The third-order valence-electron chi connectivity index (χ3n) is 3.96. The minimum absolute atomic E-state index is 0.0412. The fourth-order valence-electron chi connectivity index (χ4n) is 2.85. The van der Waals surface area contributed by atoms with E-state index in [0.717, 1.165) is 25.2 Å². The zero-order valence-electron chi connectivity index (χ0n) is 12.0. The van der Waals surface area contributed by atoms with Crippen LogP contribution in [0.2, 0.25) is 0 Å². The molecule has 3 rings (SSSR count). The van der Waals surface area contributed by atoms with E-state index in [1.54, 1.807) is 6.07 Å². The lowest BCUT2D eigenvalue weighted by molar-refractivity contribution is -0.133. The number of rotatable bonds is 4. The first kappa shape index (κ1) is 14.9. The Bertz CT molecular complexity index is 604. The van der Waals surface area contributed by atoms with Crippen molar-refractivity contribution in [3.63, 3.8) is 0 Å². The first-order valence-corrected chi connectivity index (χ1v) is 7.08. The molecule has 3 heterocycles. The number of fused-ring (bicyclic) bond motifs is 4. The highest BCUT2D eigenvalue weighted by molar-refractivity contribution is 5.98. The molecule has 8 heteroatoms. The first-order valence-electron chi connectivity index (χ1n) is 7.08. The number of pyridine rings is 1. The van der Waals surface area contributed by atoms with E-state index in [-0.39, 0.29) is 17.5 Å². The van der Waals surface area contributed by atoms with Crippen molar-refractivity contribution < 1.29 is 22.7 Å². The molecule has 1 saturated heterocycles. The number of carbonyl (C=O) groups excluding carboxylic acids is 1. The van der Waals surface area contributed by atoms with E-state index >= 15 is 0 Å². The average Bonchev–Trinajstić information content (AvgIpc) is 2.85. The number of aromatic nitrogens is 1. The van der Waals surface area contributed by atoms with Crippen LogP contribution in [-0.2, 0) is 0 Å².